The molecule has 0 radical (unpaired) electrons. The molecule has 162 valence electrons. The van der Waals surface area contributed by atoms with Crippen molar-refractivity contribution < 1.29 is 14.3 Å². The van der Waals surface area contributed by atoms with Crippen LogP contribution in [0.2, 0.25) is 0 Å². The van der Waals surface area contributed by atoms with Gasteiger partial charge in [-0.25, -0.2) is 0 Å². The van der Waals surface area contributed by atoms with E-state index in [4.69, 9.17) is 9.47 Å². The van der Waals surface area contributed by atoms with Crippen molar-refractivity contribution in [3.8, 4) is 11.5 Å². The Kier molecular flexibility index (Phi) is 7.09. The first-order valence-electron chi connectivity index (χ1n) is 10.4. The third-order valence-electron chi connectivity index (χ3n) is 4.96. The Labute approximate surface area is 186 Å². The van der Waals surface area contributed by atoms with Crippen LogP contribution in [0.15, 0.2) is 59.8 Å². The van der Waals surface area contributed by atoms with Crippen molar-refractivity contribution in [2.45, 2.75) is 30.5 Å². The number of benzene rings is 2. The Morgan fingerprint density at radius 3 is 2.55 bits per heavy atom. The summed E-state index contributed by atoms with van der Waals surface area (Å²) < 4.78 is 12.9. The molecule has 0 unspecified atom stereocenters. The highest BCUT2D eigenvalue weighted by Gasteiger charge is 2.30. The largest absolute Gasteiger partial charge is 0.497 e. The fourth-order valence-corrected chi connectivity index (χ4v) is 3.95. The molecular formula is C23H26N4O3S. The van der Waals surface area contributed by atoms with Gasteiger partial charge in [-0.3, -0.25) is 4.79 Å². The number of amides is 1. The number of hydrogen-bond acceptors (Lipinski definition) is 6. The molecule has 1 amide bonds. The second kappa shape index (κ2) is 10.3. The molecule has 2 aromatic carbocycles. The Balaban J connectivity index is 1.25. The van der Waals surface area contributed by atoms with Gasteiger partial charge in [0.25, 0.3) is 0 Å². The van der Waals surface area contributed by atoms with E-state index in [2.05, 4.69) is 32.2 Å². The molecule has 1 heterocycles. The number of nitrogens with one attached hydrogen (secondary N) is 1. The van der Waals surface area contributed by atoms with Crippen molar-refractivity contribution >= 4 is 17.7 Å². The zero-order chi connectivity index (χ0) is 21.5. The van der Waals surface area contributed by atoms with E-state index in [0.29, 0.717) is 24.8 Å². The Bertz CT molecular complexity index is 988. The van der Waals surface area contributed by atoms with E-state index in [9.17, 15) is 4.79 Å². The van der Waals surface area contributed by atoms with E-state index in [0.717, 1.165) is 41.9 Å². The van der Waals surface area contributed by atoms with Gasteiger partial charge in [0.2, 0.25) is 5.91 Å². The fourth-order valence-electron chi connectivity index (χ4n) is 3.18. The Morgan fingerprint density at radius 2 is 1.84 bits per heavy atom. The smallest absolute Gasteiger partial charge is 0.230 e. The van der Waals surface area contributed by atoms with Crippen LogP contribution in [0.3, 0.4) is 0 Å². The van der Waals surface area contributed by atoms with Gasteiger partial charge in [-0.1, -0.05) is 42.1 Å². The summed E-state index contributed by atoms with van der Waals surface area (Å²) in [4.78, 5) is 12.3. The van der Waals surface area contributed by atoms with E-state index in [1.165, 1.54) is 17.3 Å². The number of rotatable bonds is 11. The number of carbonyl (C=O) groups excluding carboxylic acids is 1. The van der Waals surface area contributed by atoms with Crippen molar-refractivity contribution in [2.75, 3.05) is 26.0 Å². The Hall–Kier alpha value is -3.00. The van der Waals surface area contributed by atoms with E-state index < -0.39 is 0 Å². The summed E-state index contributed by atoms with van der Waals surface area (Å²) in [5.74, 6) is 3.29. The van der Waals surface area contributed by atoms with Gasteiger partial charge in [0, 0.05) is 5.92 Å². The third kappa shape index (κ3) is 6.01. The summed E-state index contributed by atoms with van der Waals surface area (Å²) in [6, 6.07) is 17.6. The van der Waals surface area contributed by atoms with Gasteiger partial charge in [0.15, 0.2) is 5.16 Å². The van der Waals surface area contributed by atoms with Crippen LogP contribution in [0.25, 0.3) is 0 Å². The second-order valence-corrected chi connectivity index (χ2v) is 8.29. The number of hydrogen-bond donors (Lipinski definition) is 1. The average Bonchev–Trinajstić information content (AvgIpc) is 3.58. The summed E-state index contributed by atoms with van der Waals surface area (Å²) in [5.41, 5.74) is 1.20. The first-order valence-corrected chi connectivity index (χ1v) is 11.3. The van der Waals surface area contributed by atoms with Crippen molar-refractivity contribution in [2.24, 2.45) is 0 Å². The molecule has 0 bridgehead atoms. The SMILES string of the molecule is COc1ccc(OCCNC(=O)CSc2nnc(C3CC3)n2Cc2ccccc2)cc1. The van der Waals surface area contributed by atoms with Crippen molar-refractivity contribution in [1.82, 2.24) is 20.1 Å². The molecule has 1 saturated carbocycles. The monoisotopic (exact) mass is 438 g/mol. The summed E-state index contributed by atoms with van der Waals surface area (Å²) in [6.45, 7) is 1.56. The van der Waals surface area contributed by atoms with Gasteiger partial charge in [0.05, 0.1) is 26.0 Å². The normalized spacial score (nSPS) is 13.1. The lowest BCUT2D eigenvalue weighted by atomic mass is 10.2. The molecule has 1 N–H and O–H groups in total. The molecule has 7 nitrogen and oxygen atoms in total. The van der Waals surface area contributed by atoms with Crippen LogP contribution in [0.5, 0.6) is 11.5 Å². The van der Waals surface area contributed by atoms with Crippen LogP contribution in [0, 0.1) is 0 Å². The van der Waals surface area contributed by atoms with Crippen LogP contribution in [0.4, 0.5) is 0 Å². The predicted molar refractivity (Wildman–Crippen MR) is 120 cm³/mol. The Morgan fingerprint density at radius 1 is 1.10 bits per heavy atom. The number of thioether (sulfide) groups is 1. The van der Waals surface area contributed by atoms with Gasteiger partial charge in [-0.2, -0.15) is 0 Å². The molecule has 0 atom stereocenters. The van der Waals surface area contributed by atoms with Gasteiger partial charge in [-0.05, 0) is 42.7 Å². The maximum atomic E-state index is 12.3. The maximum absolute atomic E-state index is 12.3. The molecule has 0 spiro atoms. The van der Waals surface area contributed by atoms with E-state index in [1.807, 2.05) is 42.5 Å². The topological polar surface area (TPSA) is 78.3 Å². The summed E-state index contributed by atoms with van der Waals surface area (Å²) >= 11 is 1.42. The highest BCUT2D eigenvalue weighted by atomic mass is 32.2. The number of aromatic nitrogens is 3. The molecule has 3 aromatic rings. The van der Waals surface area contributed by atoms with E-state index in [-0.39, 0.29) is 5.91 Å². The fraction of sp³-hybridized carbons (Fsp3) is 0.348. The van der Waals surface area contributed by atoms with Crippen LogP contribution < -0.4 is 14.8 Å². The molecule has 1 aliphatic rings. The summed E-state index contributed by atoms with van der Waals surface area (Å²) in [7, 11) is 1.63. The zero-order valence-electron chi connectivity index (χ0n) is 17.5. The predicted octanol–water partition coefficient (Wildman–Crippen LogP) is 3.50. The molecule has 4 rings (SSSR count). The third-order valence-corrected chi connectivity index (χ3v) is 5.92. The van der Waals surface area contributed by atoms with Crippen molar-refractivity contribution in [1.29, 1.82) is 0 Å². The molecule has 0 aliphatic heterocycles. The van der Waals surface area contributed by atoms with Crippen LogP contribution in [-0.2, 0) is 11.3 Å². The summed E-state index contributed by atoms with van der Waals surface area (Å²) in [6.07, 6.45) is 2.32. The first-order chi connectivity index (χ1) is 15.2. The number of ether oxygens (including phenoxy) is 2. The van der Waals surface area contributed by atoms with Gasteiger partial charge in [-0.15, -0.1) is 10.2 Å². The average molecular weight is 439 g/mol. The molecule has 0 saturated heterocycles. The number of nitrogens with zero attached hydrogens (tertiary/aromatic N) is 3. The molecule has 1 aromatic heterocycles. The quantitative estimate of drug-likeness (QED) is 0.365. The molecular weight excluding hydrogens is 412 g/mol. The minimum atomic E-state index is -0.0504. The molecule has 8 heteroatoms. The standard InChI is InChI=1S/C23H26N4O3S/c1-29-19-9-11-20(12-10-19)30-14-13-24-21(28)16-31-23-26-25-22(18-7-8-18)27(23)15-17-5-3-2-4-6-17/h2-6,9-12,18H,7-8,13-16H2,1H3,(H,24,28). The zero-order valence-corrected chi connectivity index (χ0v) is 18.3. The van der Waals surface area contributed by atoms with Gasteiger partial charge < -0.3 is 19.4 Å². The van der Waals surface area contributed by atoms with Crippen LogP contribution >= 0.6 is 11.8 Å². The van der Waals surface area contributed by atoms with Gasteiger partial charge in [0.1, 0.15) is 23.9 Å². The number of methoxy groups -OCH3 is 1. The van der Waals surface area contributed by atoms with Crippen LogP contribution in [-0.4, -0.2) is 46.7 Å². The van der Waals surface area contributed by atoms with Gasteiger partial charge >= 0.3 is 0 Å². The lowest BCUT2D eigenvalue weighted by Crippen LogP contribution is -2.29. The highest BCUT2D eigenvalue weighted by molar-refractivity contribution is 7.99. The van der Waals surface area contributed by atoms with Crippen molar-refractivity contribution in [3.05, 3.63) is 66.0 Å². The van der Waals surface area contributed by atoms with E-state index >= 15 is 0 Å². The van der Waals surface area contributed by atoms with Crippen molar-refractivity contribution in [3.63, 3.8) is 0 Å². The molecule has 1 fully saturated rings. The lowest BCUT2D eigenvalue weighted by Gasteiger charge is -2.10. The molecule has 1 aliphatic carbocycles. The first kappa shape index (κ1) is 21.2. The lowest BCUT2D eigenvalue weighted by molar-refractivity contribution is -0.118. The van der Waals surface area contributed by atoms with Crippen LogP contribution in [0.1, 0.15) is 30.1 Å². The number of carbonyl (C=O) groups is 1. The maximum Gasteiger partial charge on any atom is 0.230 e. The minimum Gasteiger partial charge on any atom is -0.497 e. The van der Waals surface area contributed by atoms with E-state index in [1.54, 1.807) is 7.11 Å². The summed E-state index contributed by atoms with van der Waals surface area (Å²) in [5, 5.41) is 12.4. The minimum absolute atomic E-state index is 0.0504. The highest BCUT2D eigenvalue weighted by Crippen LogP contribution is 2.40. The second-order valence-electron chi connectivity index (χ2n) is 7.35. The molecule has 31 heavy (non-hydrogen) atoms.